The lowest BCUT2D eigenvalue weighted by Gasteiger charge is -2.43. The third-order valence-electron chi connectivity index (χ3n) is 9.12. The zero-order valence-electron chi connectivity index (χ0n) is 23.8. The Morgan fingerprint density at radius 3 is 2.20 bits per heavy atom. The third kappa shape index (κ3) is 5.91. The number of hydrogen-bond donors (Lipinski definition) is 1. The van der Waals surface area contributed by atoms with Crippen LogP contribution in [0.1, 0.15) is 68.3 Å². The number of allylic oxidation sites excluding steroid dienone is 3. The van der Waals surface area contributed by atoms with Crippen LogP contribution in [-0.2, 0) is 15.0 Å². The molecule has 0 bridgehead atoms. The Kier molecular flexibility index (Phi) is 8.53. The summed E-state index contributed by atoms with van der Waals surface area (Å²) in [6, 6.07) is 17.8. The van der Waals surface area contributed by atoms with Gasteiger partial charge in [0.05, 0.1) is 5.41 Å². The fourth-order valence-corrected chi connectivity index (χ4v) is 6.47. The lowest BCUT2D eigenvalue weighted by atomic mass is 9.71. The molecule has 6 nitrogen and oxygen atoms in total. The van der Waals surface area contributed by atoms with Crippen LogP contribution < -0.4 is 10.2 Å². The Balaban J connectivity index is 1.21. The van der Waals surface area contributed by atoms with Crippen molar-refractivity contribution in [3.8, 4) is 0 Å². The number of anilines is 1. The van der Waals surface area contributed by atoms with E-state index in [9.17, 15) is 14.4 Å². The van der Waals surface area contributed by atoms with E-state index in [4.69, 9.17) is 0 Å². The zero-order chi connectivity index (χ0) is 28.1. The molecule has 2 amide bonds. The van der Waals surface area contributed by atoms with E-state index >= 15 is 0 Å². The highest BCUT2D eigenvalue weighted by Crippen LogP contribution is 2.37. The molecule has 0 aromatic heterocycles. The Bertz CT molecular complexity index is 1270. The molecule has 5 rings (SSSR count). The molecule has 0 radical (unpaired) electrons. The van der Waals surface area contributed by atoms with Crippen molar-refractivity contribution in [3.63, 3.8) is 0 Å². The second kappa shape index (κ2) is 12.2. The molecule has 0 saturated carbocycles. The average Bonchev–Trinajstić information content (AvgIpc) is 3.01. The number of piperidine rings is 2. The van der Waals surface area contributed by atoms with E-state index < -0.39 is 5.41 Å². The summed E-state index contributed by atoms with van der Waals surface area (Å²) in [4.78, 5) is 43.4. The summed E-state index contributed by atoms with van der Waals surface area (Å²) >= 11 is 0. The Morgan fingerprint density at radius 2 is 1.60 bits per heavy atom. The van der Waals surface area contributed by atoms with E-state index in [2.05, 4.69) is 47.5 Å². The van der Waals surface area contributed by atoms with E-state index in [0.717, 1.165) is 55.6 Å². The van der Waals surface area contributed by atoms with Crippen molar-refractivity contribution in [1.29, 1.82) is 0 Å². The summed E-state index contributed by atoms with van der Waals surface area (Å²) in [5.74, 6) is 0.371. The van der Waals surface area contributed by atoms with E-state index in [1.807, 2.05) is 47.4 Å². The Hall–Kier alpha value is -3.67. The molecule has 1 aliphatic carbocycles. The summed E-state index contributed by atoms with van der Waals surface area (Å²) in [7, 11) is 0. The minimum atomic E-state index is -0.632. The maximum Gasteiger partial charge on any atom is 0.231 e. The SMILES string of the molecule is CC(=O)c1ccc(N2CCC(C(=O)N3CCC(C(=O)N[C@@H](C)C4=CC=CCC4)(c4ccccc4)CC3)CC2)cc1. The molecule has 1 atom stereocenters. The van der Waals surface area contributed by atoms with Crippen LogP contribution in [0.25, 0.3) is 0 Å². The van der Waals surface area contributed by atoms with Crippen LogP contribution in [-0.4, -0.2) is 54.7 Å². The van der Waals surface area contributed by atoms with Gasteiger partial charge in [0.2, 0.25) is 11.8 Å². The standard InChI is InChI=1S/C34H41N3O3/c1-25(27-9-5-3-6-10-27)35-33(40)34(30-11-7-4-8-12-30)19-23-37(24-20-34)32(39)29-17-21-36(22-18-29)31-15-13-28(14-16-31)26(2)38/h3-5,7-9,11-16,25,29H,6,10,17-24H2,1-2H3,(H,35,40)/t25-/m0/s1. The maximum atomic E-state index is 13.9. The van der Waals surface area contributed by atoms with Gasteiger partial charge in [0, 0.05) is 49.4 Å². The highest BCUT2D eigenvalue weighted by molar-refractivity contribution is 5.94. The minimum absolute atomic E-state index is 0.0112. The lowest BCUT2D eigenvalue weighted by Crippen LogP contribution is -2.55. The van der Waals surface area contributed by atoms with E-state index in [-0.39, 0.29) is 29.6 Å². The molecule has 40 heavy (non-hydrogen) atoms. The van der Waals surface area contributed by atoms with Crippen LogP contribution in [0.2, 0.25) is 0 Å². The first kappa shape index (κ1) is 27.9. The van der Waals surface area contributed by atoms with Crippen LogP contribution in [0.15, 0.2) is 78.4 Å². The monoisotopic (exact) mass is 539 g/mol. The van der Waals surface area contributed by atoms with Crippen molar-refractivity contribution in [2.75, 3.05) is 31.1 Å². The third-order valence-corrected chi connectivity index (χ3v) is 9.12. The van der Waals surface area contributed by atoms with Crippen LogP contribution >= 0.6 is 0 Å². The highest BCUT2D eigenvalue weighted by atomic mass is 16.2. The molecule has 2 heterocycles. The average molecular weight is 540 g/mol. The van der Waals surface area contributed by atoms with E-state index in [1.165, 1.54) is 5.57 Å². The molecule has 2 fully saturated rings. The van der Waals surface area contributed by atoms with Gasteiger partial charge >= 0.3 is 0 Å². The lowest BCUT2D eigenvalue weighted by molar-refractivity contribution is -0.140. The number of rotatable bonds is 7. The number of ketones is 1. The fourth-order valence-electron chi connectivity index (χ4n) is 6.47. The van der Waals surface area contributed by atoms with Gasteiger partial charge in [-0.1, -0.05) is 48.6 Å². The molecule has 6 heteroatoms. The molecule has 3 aliphatic rings. The normalized spacial score (nSPS) is 20.0. The van der Waals surface area contributed by atoms with Gasteiger partial charge in [0.1, 0.15) is 0 Å². The summed E-state index contributed by atoms with van der Waals surface area (Å²) in [5.41, 5.74) is 3.48. The quantitative estimate of drug-likeness (QED) is 0.476. The van der Waals surface area contributed by atoms with E-state index in [0.29, 0.717) is 25.9 Å². The first-order valence-electron chi connectivity index (χ1n) is 14.7. The first-order valence-corrected chi connectivity index (χ1v) is 14.7. The number of nitrogens with one attached hydrogen (secondary N) is 1. The summed E-state index contributed by atoms with van der Waals surface area (Å²) in [6.45, 7) is 6.48. The smallest absolute Gasteiger partial charge is 0.231 e. The molecule has 0 unspecified atom stereocenters. The number of likely N-dealkylation sites (tertiary alicyclic amines) is 1. The molecule has 210 valence electrons. The van der Waals surface area contributed by atoms with Crippen LogP contribution in [0.3, 0.4) is 0 Å². The van der Waals surface area contributed by atoms with Crippen molar-refractivity contribution in [2.45, 2.75) is 63.8 Å². The maximum absolute atomic E-state index is 13.9. The second-order valence-corrected chi connectivity index (χ2v) is 11.5. The highest BCUT2D eigenvalue weighted by Gasteiger charge is 2.45. The Morgan fingerprint density at radius 1 is 0.925 bits per heavy atom. The number of amides is 2. The van der Waals surface area contributed by atoms with Gasteiger partial charge in [-0.25, -0.2) is 0 Å². The largest absolute Gasteiger partial charge is 0.371 e. The van der Waals surface area contributed by atoms with Crippen molar-refractivity contribution < 1.29 is 14.4 Å². The van der Waals surface area contributed by atoms with Gasteiger partial charge in [0.15, 0.2) is 5.78 Å². The zero-order valence-corrected chi connectivity index (χ0v) is 23.8. The second-order valence-electron chi connectivity index (χ2n) is 11.5. The molecule has 0 spiro atoms. The minimum Gasteiger partial charge on any atom is -0.371 e. The molecular formula is C34H41N3O3. The number of benzene rings is 2. The van der Waals surface area contributed by atoms with Gasteiger partial charge in [-0.2, -0.15) is 0 Å². The predicted molar refractivity (Wildman–Crippen MR) is 159 cm³/mol. The molecule has 2 saturated heterocycles. The number of hydrogen-bond acceptors (Lipinski definition) is 4. The van der Waals surface area contributed by atoms with Crippen LogP contribution in [0.5, 0.6) is 0 Å². The van der Waals surface area contributed by atoms with Gasteiger partial charge in [-0.15, -0.1) is 0 Å². The van der Waals surface area contributed by atoms with Gasteiger partial charge in [-0.05, 0) is 87.8 Å². The topological polar surface area (TPSA) is 69.7 Å². The van der Waals surface area contributed by atoms with Gasteiger partial charge in [0.25, 0.3) is 0 Å². The Labute approximate surface area is 238 Å². The fraction of sp³-hybridized carbons (Fsp3) is 0.441. The van der Waals surface area contributed by atoms with Gasteiger partial charge < -0.3 is 15.1 Å². The van der Waals surface area contributed by atoms with Crippen molar-refractivity contribution in [2.24, 2.45) is 5.92 Å². The molecule has 2 aliphatic heterocycles. The molecule has 2 aromatic carbocycles. The van der Waals surface area contributed by atoms with Crippen LogP contribution in [0, 0.1) is 5.92 Å². The summed E-state index contributed by atoms with van der Waals surface area (Å²) in [6.07, 6.45) is 11.2. The van der Waals surface area contributed by atoms with Crippen molar-refractivity contribution in [3.05, 3.63) is 89.5 Å². The number of nitrogens with zero attached hydrogens (tertiary/aromatic N) is 2. The number of Topliss-reactive ketones (excluding diaryl/α,β-unsaturated/α-hetero) is 1. The number of carbonyl (C=O) groups excluding carboxylic acids is 3. The summed E-state index contributed by atoms with van der Waals surface area (Å²) in [5, 5.41) is 3.33. The number of carbonyl (C=O) groups is 3. The van der Waals surface area contributed by atoms with E-state index in [1.54, 1.807) is 6.92 Å². The van der Waals surface area contributed by atoms with Crippen LogP contribution in [0.4, 0.5) is 5.69 Å². The predicted octanol–water partition coefficient (Wildman–Crippen LogP) is 5.45. The van der Waals surface area contributed by atoms with Gasteiger partial charge in [-0.3, -0.25) is 14.4 Å². The van der Waals surface area contributed by atoms with Crippen molar-refractivity contribution >= 4 is 23.3 Å². The molecule has 1 N–H and O–H groups in total. The van der Waals surface area contributed by atoms with Crippen molar-refractivity contribution in [1.82, 2.24) is 10.2 Å². The summed E-state index contributed by atoms with van der Waals surface area (Å²) < 4.78 is 0. The first-order chi connectivity index (χ1) is 19.4. The molecular weight excluding hydrogens is 498 g/mol. The molecule has 2 aromatic rings.